The molecule has 0 unspecified atom stereocenters. The highest BCUT2D eigenvalue weighted by atomic mass is 16.5. The van der Waals surface area contributed by atoms with Crippen LogP contribution in [0.3, 0.4) is 0 Å². The molecule has 0 bridgehead atoms. The van der Waals surface area contributed by atoms with Crippen molar-refractivity contribution in [3.05, 3.63) is 54.4 Å². The first-order chi connectivity index (χ1) is 12.2. The van der Waals surface area contributed by atoms with Crippen molar-refractivity contribution in [2.45, 2.75) is 12.8 Å². The third kappa shape index (κ3) is 4.15. The molecule has 1 fully saturated rings. The first-order valence-corrected chi connectivity index (χ1v) is 8.31. The molecule has 1 N–H and O–H groups in total. The van der Waals surface area contributed by atoms with E-state index in [0.29, 0.717) is 31.5 Å². The summed E-state index contributed by atoms with van der Waals surface area (Å²) in [6.07, 6.45) is 4.71. The number of carbonyl (C=O) groups excluding carboxylic acids is 2. The van der Waals surface area contributed by atoms with Crippen LogP contribution in [0.1, 0.15) is 23.2 Å². The van der Waals surface area contributed by atoms with Crippen molar-refractivity contribution in [1.82, 2.24) is 9.88 Å². The van der Waals surface area contributed by atoms with Crippen LogP contribution in [-0.2, 0) is 9.53 Å². The van der Waals surface area contributed by atoms with Crippen LogP contribution in [0.4, 0.5) is 11.4 Å². The molecular weight excluding hydrogens is 318 g/mol. The Kier molecular flexibility index (Phi) is 5.28. The molecule has 25 heavy (non-hydrogen) atoms. The van der Waals surface area contributed by atoms with Gasteiger partial charge in [-0.25, -0.2) is 0 Å². The molecule has 2 heterocycles. The number of ether oxygens (including phenoxy) is 1. The Morgan fingerprint density at radius 3 is 2.52 bits per heavy atom. The maximum Gasteiger partial charge on any atom is 0.308 e. The molecule has 1 aromatic carbocycles. The Hall–Kier alpha value is -2.89. The molecule has 1 aliphatic heterocycles. The summed E-state index contributed by atoms with van der Waals surface area (Å²) in [5.41, 5.74) is 2.40. The van der Waals surface area contributed by atoms with E-state index in [1.54, 1.807) is 17.3 Å². The molecule has 6 heteroatoms. The Morgan fingerprint density at radius 1 is 1.12 bits per heavy atom. The summed E-state index contributed by atoms with van der Waals surface area (Å²) < 4.78 is 4.79. The van der Waals surface area contributed by atoms with Crippen LogP contribution in [0.2, 0.25) is 0 Å². The largest absolute Gasteiger partial charge is 0.469 e. The number of nitrogens with one attached hydrogen (secondary N) is 1. The van der Waals surface area contributed by atoms with E-state index >= 15 is 0 Å². The number of hydrogen-bond donors (Lipinski definition) is 1. The Morgan fingerprint density at radius 2 is 1.84 bits per heavy atom. The lowest BCUT2D eigenvalue weighted by Gasteiger charge is -2.30. The molecule has 0 saturated carbocycles. The fourth-order valence-corrected chi connectivity index (χ4v) is 3.00. The van der Waals surface area contributed by atoms with Gasteiger partial charge in [0.2, 0.25) is 0 Å². The highest BCUT2D eigenvalue weighted by Gasteiger charge is 2.28. The second kappa shape index (κ2) is 7.79. The van der Waals surface area contributed by atoms with E-state index in [0.717, 1.165) is 11.4 Å². The number of aromatic nitrogens is 1. The smallest absolute Gasteiger partial charge is 0.308 e. The van der Waals surface area contributed by atoms with E-state index < -0.39 is 0 Å². The van der Waals surface area contributed by atoms with Gasteiger partial charge in [-0.15, -0.1) is 0 Å². The van der Waals surface area contributed by atoms with E-state index in [-0.39, 0.29) is 17.8 Å². The van der Waals surface area contributed by atoms with Crippen LogP contribution in [0.25, 0.3) is 0 Å². The van der Waals surface area contributed by atoms with Crippen LogP contribution in [0, 0.1) is 5.92 Å². The third-order valence-electron chi connectivity index (χ3n) is 4.40. The molecule has 130 valence electrons. The average molecular weight is 339 g/mol. The summed E-state index contributed by atoms with van der Waals surface area (Å²) in [5, 5.41) is 3.26. The summed E-state index contributed by atoms with van der Waals surface area (Å²) in [7, 11) is 1.40. The lowest BCUT2D eigenvalue weighted by atomic mass is 9.96. The van der Waals surface area contributed by atoms with Gasteiger partial charge in [0, 0.05) is 42.4 Å². The molecule has 0 radical (unpaired) electrons. The zero-order valence-electron chi connectivity index (χ0n) is 14.1. The number of benzene rings is 1. The van der Waals surface area contributed by atoms with Gasteiger partial charge in [-0.1, -0.05) is 6.07 Å². The van der Waals surface area contributed by atoms with Gasteiger partial charge in [0.05, 0.1) is 13.0 Å². The number of carbonyl (C=O) groups is 2. The second-order valence-electron chi connectivity index (χ2n) is 6.03. The van der Waals surface area contributed by atoms with E-state index in [9.17, 15) is 9.59 Å². The third-order valence-corrected chi connectivity index (χ3v) is 4.40. The molecule has 3 rings (SSSR count). The van der Waals surface area contributed by atoms with Gasteiger partial charge in [-0.2, -0.15) is 0 Å². The Bertz CT molecular complexity index is 741. The van der Waals surface area contributed by atoms with E-state index in [2.05, 4.69) is 10.3 Å². The summed E-state index contributed by atoms with van der Waals surface area (Å²) in [6, 6.07) is 11.2. The summed E-state index contributed by atoms with van der Waals surface area (Å²) in [5.74, 6) is -0.300. The molecule has 0 spiro atoms. The van der Waals surface area contributed by atoms with Crippen LogP contribution >= 0.6 is 0 Å². The van der Waals surface area contributed by atoms with Crippen LogP contribution in [-0.4, -0.2) is 42.0 Å². The van der Waals surface area contributed by atoms with Gasteiger partial charge in [0.1, 0.15) is 0 Å². The molecule has 0 atom stereocenters. The average Bonchev–Trinajstić information content (AvgIpc) is 2.68. The number of amides is 1. The van der Waals surface area contributed by atoms with Crippen molar-refractivity contribution in [2.75, 3.05) is 25.5 Å². The number of methoxy groups -OCH3 is 1. The quantitative estimate of drug-likeness (QED) is 0.867. The topological polar surface area (TPSA) is 71.5 Å². The number of hydrogen-bond acceptors (Lipinski definition) is 5. The van der Waals surface area contributed by atoms with Gasteiger partial charge in [-0.3, -0.25) is 14.6 Å². The number of rotatable bonds is 4. The van der Waals surface area contributed by atoms with Gasteiger partial charge < -0.3 is 15.0 Å². The molecular formula is C19H21N3O3. The standard InChI is InChI=1S/C19H21N3O3/c1-25-19(24)14-7-11-22(12-8-14)18(23)15-3-2-4-17(13-15)21-16-5-9-20-10-6-16/h2-6,9-10,13-14H,7-8,11-12H2,1H3,(H,20,21). The molecule has 6 nitrogen and oxygen atoms in total. The van der Waals surface area contributed by atoms with Crippen molar-refractivity contribution in [2.24, 2.45) is 5.92 Å². The normalized spacial score (nSPS) is 14.8. The Labute approximate surface area is 146 Å². The summed E-state index contributed by atoms with van der Waals surface area (Å²) >= 11 is 0. The highest BCUT2D eigenvalue weighted by molar-refractivity contribution is 5.95. The predicted molar refractivity (Wildman–Crippen MR) is 94.6 cm³/mol. The molecule has 2 aromatic rings. The molecule has 1 amide bonds. The second-order valence-corrected chi connectivity index (χ2v) is 6.03. The van der Waals surface area contributed by atoms with Crippen molar-refractivity contribution in [3.63, 3.8) is 0 Å². The van der Waals surface area contributed by atoms with Crippen molar-refractivity contribution >= 4 is 23.3 Å². The Balaban J connectivity index is 1.65. The van der Waals surface area contributed by atoms with Gasteiger partial charge in [0.25, 0.3) is 5.91 Å². The fraction of sp³-hybridized carbons (Fsp3) is 0.316. The van der Waals surface area contributed by atoms with E-state index in [1.807, 2.05) is 36.4 Å². The predicted octanol–water partition coefficient (Wildman–Crippen LogP) is 2.85. The maximum atomic E-state index is 12.7. The maximum absolute atomic E-state index is 12.7. The molecule has 1 aromatic heterocycles. The minimum absolute atomic E-state index is 0.0123. The van der Waals surface area contributed by atoms with Gasteiger partial charge >= 0.3 is 5.97 Å². The SMILES string of the molecule is COC(=O)C1CCN(C(=O)c2cccc(Nc3ccncc3)c2)CC1. The number of anilines is 2. The zero-order chi connectivity index (χ0) is 17.6. The summed E-state index contributed by atoms with van der Waals surface area (Å²) in [6.45, 7) is 1.14. The summed E-state index contributed by atoms with van der Waals surface area (Å²) in [4.78, 5) is 30.1. The first-order valence-electron chi connectivity index (χ1n) is 8.31. The number of pyridine rings is 1. The van der Waals surface area contributed by atoms with Crippen LogP contribution in [0.5, 0.6) is 0 Å². The zero-order valence-corrected chi connectivity index (χ0v) is 14.1. The lowest BCUT2D eigenvalue weighted by Crippen LogP contribution is -2.40. The number of esters is 1. The number of nitrogens with zero attached hydrogens (tertiary/aromatic N) is 2. The minimum atomic E-state index is -0.185. The fourth-order valence-electron chi connectivity index (χ4n) is 3.00. The van der Waals surface area contributed by atoms with Crippen molar-refractivity contribution in [3.8, 4) is 0 Å². The number of piperidine rings is 1. The van der Waals surface area contributed by atoms with Crippen LogP contribution < -0.4 is 5.32 Å². The van der Waals surface area contributed by atoms with Crippen molar-refractivity contribution < 1.29 is 14.3 Å². The van der Waals surface area contributed by atoms with Gasteiger partial charge in [-0.05, 0) is 43.2 Å². The van der Waals surface area contributed by atoms with Crippen LogP contribution in [0.15, 0.2) is 48.8 Å². The van der Waals surface area contributed by atoms with Crippen molar-refractivity contribution in [1.29, 1.82) is 0 Å². The molecule has 1 aliphatic rings. The molecule has 0 aliphatic carbocycles. The van der Waals surface area contributed by atoms with E-state index in [1.165, 1.54) is 7.11 Å². The highest BCUT2D eigenvalue weighted by Crippen LogP contribution is 2.22. The monoisotopic (exact) mass is 339 g/mol. The lowest BCUT2D eigenvalue weighted by molar-refractivity contribution is -0.146. The minimum Gasteiger partial charge on any atom is -0.469 e. The number of likely N-dealkylation sites (tertiary alicyclic amines) is 1. The van der Waals surface area contributed by atoms with Gasteiger partial charge in [0.15, 0.2) is 0 Å². The molecule has 1 saturated heterocycles. The van der Waals surface area contributed by atoms with E-state index in [4.69, 9.17) is 4.74 Å². The first kappa shape index (κ1) is 17.0.